The molecular weight excluding hydrogens is 605 g/mol. The number of carbonyl (C=O) groups is 2. The number of nitrogens with zero attached hydrogens (tertiary/aromatic N) is 2. The van der Waals surface area contributed by atoms with E-state index in [1.54, 1.807) is 49.4 Å². The van der Waals surface area contributed by atoms with Gasteiger partial charge in [-0.3, -0.25) is 13.9 Å². The first-order valence-electron chi connectivity index (χ1n) is 13.3. The summed E-state index contributed by atoms with van der Waals surface area (Å²) in [5, 5.41) is 4.03. The third kappa shape index (κ3) is 8.38. The monoisotopic (exact) mass is 637 g/mol. The highest BCUT2D eigenvalue weighted by Gasteiger charge is 2.34. The molecule has 0 aliphatic rings. The Hall–Kier alpha value is -2.78. The smallest absolute Gasteiger partial charge is 0.264 e. The Labute approximate surface area is 257 Å². The van der Waals surface area contributed by atoms with E-state index in [1.165, 1.54) is 29.2 Å². The van der Waals surface area contributed by atoms with Crippen molar-refractivity contribution in [2.45, 2.75) is 64.1 Å². The van der Waals surface area contributed by atoms with Gasteiger partial charge in [-0.1, -0.05) is 72.4 Å². The number of aryl methyl sites for hydroxylation is 1. The molecule has 0 aromatic heterocycles. The molecule has 0 fully saturated rings. The highest BCUT2D eigenvalue weighted by atomic mass is 35.5. The van der Waals surface area contributed by atoms with E-state index in [1.807, 2.05) is 20.8 Å². The fourth-order valence-electron chi connectivity index (χ4n) is 4.17. The number of rotatable bonds is 12. The topological polar surface area (TPSA) is 86.8 Å². The molecule has 1 N–H and O–H groups in total. The second kappa shape index (κ2) is 14.4. The van der Waals surface area contributed by atoms with Gasteiger partial charge in [-0.05, 0) is 80.8 Å². The lowest BCUT2D eigenvalue weighted by molar-refractivity contribution is -0.140. The SMILES string of the molecule is CC[C@H](C(=O)N[C@@H](C)CC)N(Cc1ccc(Cl)c(Cl)c1)C(=O)CN(c1ccc(Cl)cc1)S(=O)(=O)c1ccc(C)cc1. The Balaban J connectivity index is 2.07. The van der Waals surface area contributed by atoms with Crippen molar-refractivity contribution in [2.75, 3.05) is 10.8 Å². The normalized spacial score (nSPS) is 12.9. The fourth-order valence-corrected chi connectivity index (χ4v) is 6.03. The molecule has 2 atom stereocenters. The van der Waals surface area contributed by atoms with Gasteiger partial charge in [0, 0.05) is 17.6 Å². The fraction of sp³-hybridized carbons (Fsp3) is 0.333. The molecule has 7 nitrogen and oxygen atoms in total. The van der Waals surface area contributed by atoms with Gasteiger partial charge < -0.3 is 10.2 Å². The molecule has 0 aliphatic heterocycles. The third-order valence-corrected chi connectivity index (χ3v) is 9.51. The van der Waals surface area contributed by atoms with Gasteiger partial charge in [0.1, 0.15) is 12.6 Å². The number of anilines is 1. The van der Waals surface area contributed by atoms with Crippen LogP contribution < -0.4 is 9.62 Å². The lowest BCUT2D eigenvalue weighted by atomic mass is 10.1. The highest BCUT2D eigenvalue weighted by Crippen LogP contribution is 2.27. The molecule has 41 heavy (non-hydrogen) atoms. The second-order valence-corrected chi connectivity index (χ2v) is 12.9. The summed E-state index contributed by atoms with van der Waals surface area (Å²) in [5.41, 5.74) is 1.79. The molecule has 2 amide bonds. The number of sulfonamides is 1. The predicted octanol–water partition coefficient (Wildman–Crippen LogP) is 6.87. The van der Waals surface area contributed by atoms with Crippen molar-refractivity contribution in [1.29, 1.82) is 0 Å². The summed E-state index contributed by atoms with van der Waals surface area (Å²) in [6, 6.07) is 16.6. The average molecular weight is 639 g/mol. The number of hydrogen-bond donors (Lipinski definition) is 1. The molecule has 3 aromatic carbocycles. The van der Waals surface area contributed by atoms with Crippen LogP contribution in [0.3, 0.4) is 0 Å². The maximum Gasteiger partial charge on any atom is 0.264 e. The van der Waals surface area contributed by atoms with Gasteiger partial charge in [-0.25, -0.2) is 8.42 Å². The molecule has 0 spiro atoms. The molecule has 0 heterocycles. The zero-order valence-electron chi connectivity index (χ0n) is 23.4. The van der Waals surface area contributed by atoms with Crippen LogP contribution >= 0.6 is 34.8 Å². The third-order valence-electron chi connectivity index (χ3n) is 6.73. The van der Waals surface area contributed by atoms with E-state index in [0.717, 1.165) is 9.87 Å². The number of nitrogens with one attached hydrogen (secondary N) is 1. The van der Waals surface area contributed by atoms with Crippen molar-refractivity contribution in [3.63, 3.8) is 0 Å². The van der Waals surface area contributed by atoms with Crippen LogP contribution in [0.15, 0.2) is 71.6 Å². The average Bonchev–Trinajstić information content (AvgIpc) is 2.94. The Morgan fingerprint density at radius 3 is 2.07 bits per heavy atom. The summed E-state index contributed by atoms with van der Waals surface area (Å²) in [6.07, 6.45) is 1.02. The second-order valence-electron chi connectivity index (χ2n) is 9.81. The van der Waals surface area contributed by atoms with Crippen LogP contribution in [0.25, 0.3) is 0 Å². The van der Waals surface area contributed by atoms with Crippen LogP contribution in [0.4, 0.5) is 5.69 Å². The summed E-state index contributed by atoms with van der Waals surface area (Å²) in [4.78, 5) is 28.9. The Morgan fingerprint density at radius 2 is 1.51 bits per heavy atom. The van der Waals surface area contributed by atoms with Crippen molar-refractivity contribution in [3.05, 3.63) is 92.9 Å². The van der Waals surface area contributed by atoms with Crippen LogP contribution in [-0.2, 0) is 26.2 Å². The van der Waals surface area contributed by atoms with Crippen LogP contribution in [0.1, 0.15) is 44.7 Å². The number of hydrogen-bond acceptors (Lipinski definition) is 4. The van der Waals surface area contributed by atoms with Crippen LogP contribution in [0.2, 0.25) is 15.1 Å². The van der Waals surface area contributed by atoms with Gasteiger partial charge in [-0.2, -0.15) is 0 Å². The van der Waals surface area contributed by atoms with E-state index in [-0.39, 0.29) is 29.1 Å². The zero-order chi connectivity index (χ0) is 30.3. The molecular formula is C30H34Cl3N3O4S. The highest BCUT2D eigenvalue weighted by molar-refractivity contribution is 7.92. The number of halogens is 3. The lowest BCUT2D eigenvalue weighted by Crippen LogP contribution is -2.53. The minimum atomic E-state index is -4.17. The summed E-state index contributed by atoms with van der Waals surface area (Å²) in [6.45, 7) is 6.95. The molecule has 0 bridgehead atoms. The van der Waals surface area contributed by atoms with Gasteiger partial charge in [0.05, 0.1) is 20.6 Å². The molecule has 3 aromatic rings. The summed E-state index contributed by atoms with van der Waals surface area (Å²) in [5.74, 6) is -0.887. The molecule has 0 saturated carbocycles. The van der Waals surface area contributed by atoms with Gasteiger partial charge in [0.25, 0.3) is 10.0 Å². The molecule has 0 saturated heterocycles. The lowest BCUT2D eigenvalue weighted by Gasteiger charge is -2.33. The van der Waals surface area contributed by atoms with Crippen molar-refractivity contribution in [2.24, 2.45) is 0 Å². The van der Waals surface area contributed by atoms with Crippen molar-refractivity contribution in [1.82, 2.24) is 10.2 Å². The molecule has 0 aliphatic carbocycles. The first-order chi connectivity index (χ1) is 19.4. The van der Waals surface area contributed by atoms with Crippen molar-refractivity contribution < 1.29 is 18.0 Å². The van der Waals surface area contributed by atoms with E-state index < -0.39 is 28.5 Å². The van der Waals surface area contributed by atoms with Gasteiger partial charge >= 0.3 is 0 Å². The van der Waals surface area contributed by atoms with E-state index in [9.17, 15) is 18.0 Å². The van der Waals surface area contributed by atoms with E-state index in [4.69, 9.17) is 34.8 Å². The Kier molecular flexibility index (Phi) is 11.5. The number of carbonyl (C=O) groups excluding carboxylic acids is 2. The van der Waals surface area contributed by atoms with Crippen LogP contribution in [0, 0.1) is 6.92 Å². The van der Waals surface area contributed by atoms with Gasteiger partial charge in [-0.15, -0.1) is 0 Å². The largest absolute Gasteiger partial charge is 0.352 e. The van der Waals surface area contributed by atoms with Crippen molar-refractivity contribution >= 4 is 62.3 Å². The quantitative estimate of drug-likeness (QED) is 0.235. The molecule has 11 heteroatoms. The Morgan fingerprint density at radius 1 is 0.878 bits per heavy atom. The zero-order valence-corrected chi connectivity index (χ0v) is 26.5. The predicted molar refractivity (Wildman–Crippen MR) is 166 cm³/mol. The van der Waals surface area contributed by atoms with Gasteiger partial charge in [0.2, 0.25) is 11.8 Å². The molecule has 220 valence electrons. The van der Waals surface area contributed by atoms with E-state index in [0.29, 0.717) is 33.5 Å². The Bertz CT molecular complexity index is 1470. The van der Waals surface area contributed by atoms with Crippen molar-refractivity contribution in [3.8, 4) is 0 Å². The van der Waals surface area contributed by atoms with Crippen LogP contribution in [0.5, 0.6) is 0 Å². The van der Waals surface area contributed by atoms with E-state index >= 15 is 0 Å². The summed E-state index contributed by atoms with van der Waals surface area (Å²) in [7, 11) is -4.17. The minimum Gasteiger partial charge on any atom is -0.352 e. The molecule has 0 radical (unpaired) electrons. The maximum absolute atomic E-state index is 14.1. The molecule has 3 rings (SSSR count). The minimum absolute atomic E-state index is 0.0151. The van der Waals surface area contributed by atoms with E-state index in [2.05, 4.69) is 5.32 Å². The first-order valence-corrected chi connectivity index (χ1v) is 15.8. The maximum atomic E-state index is 14.1. The summed E-state index contributed by atoms with van der Waals surface area (Å²) >= 11 is 18.4. The van der Waals surface area contributed by atoms with Gasteiger partial charge in [0.15, 0.2) is 0 Å². The number of amides is 2. The van der Waals surface area contributed by atoms with Crippen LogP contribution in [-0.4, -0.2) is 43.8 Å². The standard InChI is InChI=1S/C30H34Cl3N3O4S/c1-5-21(4)34-30(38)28(6-2)35(18-22-9-16-26(32)27(33)17-22)29(37)19-36(24-12-10-23(31)11-13-24)41(39,40)25-14-7-20(3)8-15-25/h7-17,21,28H,5-6,18-19H2,1-4H3,(H,34,38)/t21-,28+/m0/s1. The summed E-state index contributed by atoms with van der Waals surface area (Å²) < 4.78 is 28.8. The first kappa shape index (κ1) is 32.7. The molecule has 0 unspecified atom stereocenters. The number of benzene rings is 3.